The molecule has 0 bridgehead atoms. The number of ether oxygens (including phenoxy) is 6. The molecule has 0 saturated heterocycles. The average Bonchev–Trinajstić information content (AvgIpc) is 3.24. The summed E-state index contributed by atoms with van der Waals surface area (Å²) in [4.78, 5) is 50.5. The van der Waals surface area contributed by atoms with Crippen LogP contribution in [0.3, 0.4) is 0 Å². The Morgan fingerprint density at radius 1 is 0.609 bits per heavy atom. The number of benzene rings is 1. The van der Waals surface area contributed by atoms with Crippen LogP contribution >= 0.6 is 0 Å². The topological polar surface area (TPSA) is 227 Å². The third kappa shape index (κ3) is 29.9. The quantitative estimate of drug-likeness (QED) is 0.0398. The van der Waals surface area contributed by atoms with Gasteiger partial charge >= 0.3 is 11.9 Å². The van der Waals surface area contributed by atoms with Gasteiger partial charge in [0.2, 0.25) is 5.91 Å². The third-order valence-corrected chi connectivity index (χ3v) is 10.8. The minimum absolute atomic E-state index is 0.0574. The summed E-state index contributed by atoms with van der Waals surface area (Å²) in [6, 6.07) is 9.10. The molecule has 1 aromatic carbocycles. The zero-order valence-corrected chi connectivity index (χ0v) is 39.2. The predicted octanol–water partition coefficient (Wildman–Crippen LogP) is 6.84. The second kappa shape index (κ2) is 34.1. The van der Waals surface area contributed by atoms with Gasteiger partial charge in [0.1, 0.15) is 30.4 Å². The van der Waals surface area contributed by atoms with E-state index in [1.165, 1.54) is 101 Å². The minimum atomic E-state index is -3.92. The van der Waals surface area contributed by atoms with Gasteiger partial charge in [-0.3, -0.25) is 19.1 Å². The van der Waals surface area contributed by atoms with Gasteiger partial charge in [-0.15, -0.1) is 0 Å². The summed E-state index contributed by atoms with van der Waals surface area (Å²) in [5, 5.41) is 13.8. The van der Waals surface area contributed by atoms with E-state index in [9.17, 15) is 27.6 Å². The van der Waals surface area contributed by atoms with Crippen molar-refractivity contribution >= 4 is 39.6 Å². The van der Waals surface area contributed by atoms with Crippen LogP contribution in [0.5, 0.6) is 5.75 Å². The van der Waals surface area contributed by atoms with Gasteiger partial charge < -0.3 is 44.2 Å². The van der Waals surface area contributed by atoms with Gasteiger partial charge in [0.25, 0.3) is 15.9 Å². The van der Waals surface area contributed by atoms with E-state index in [1.807, 2.05) is 20.8 Å². The number of amides is 2. The first-order chi connectivity index (χ1) is 30.7. The van der Waals surface area contributed by atoms with Crippen LogP contribution in [0.25, 0.3) is 0 Å². The van der Waals surface area contributed by atoms with Crippen molar-refractivity contribution in [2.24, 2.45) is 0 Å². The van der Waals surface area contributed by atoms with Crippen molar-refractivity contribution in [3.63, 3.8) is 0 Å². The molecule has 17 nitrogen and oxygen atoms in total. The summed E-state index contributed by atoms with van der Waals surface area (Å²) in [5.74, 6) is -1.20. The second-order valence-electron chi connectivity index (χ2n) is 16.3. The molecule has 2 rings (SSSR count). The Morgan fingerprint density at radius 2 is 1.12 bits per heavy atom. The molecule has 0 aliphatic rings. The summed E-state index contributed by atoms with van der Waals surface area (Å²) in [5.41, 5.74) is -0.154. The molecule has 0 atom stereocenters. The number of anilines is 1. The number of esters is 1. The Kier molecular flexibility index (Phi) is 29.7. The van der Waals surface area contributed by atoms with Gasteiger partial charge in [-0.05, 0) is 70.0 Å². The number of carboxylic acids is 1. The summed E-state index contributed by atoms with van der Waals surface area (Å²) in [7, 11) is -3.92. The molecule has 4 N–H and O–H groups in total. The van der Waals surface area contributed by atoms with Crippen LogP contribution < -0.4 is 20.1 Å². The number of nitrogens with one attached hydrogen (secondary N) is 3. The average molecular weight is 923 g/mol. The first-order valence-electron chi connectivity index (χ1n) is 22.8. The predicted molar refractivity (Wildman–Crippen MR) is 243 cm³/mol. The highest BCUT2D eigenvalue weighted by Gasteiger charge is 2.17. The number of carbonyl (C=O) groups excluding carboxylic acids is 3. The number of unbranched alkanes of at least 4 members (excludes halogenated alkanes) is 14. The van der Waals surface area contributed by atoms with Gasteiger partial charge in [-0.2, -0.15) is 0 Å². The minimum Gasteiger partial charge on any atom is -0.494 e. The van der Waals surface area contributed by atoms with Crippen molar-refractivity contribution in [3.8, 4) is 5.75 Å². The molecule has 18 heteroatoms. The van der Waals surface area contributed by atoms with E-state index in [1.54, 1.807) is 12.1 Å². The van der Waals surface area contributed by atoms with Gasteiger partial charge in [-0.25, -0.2) is 18.2 Å². The number of rotatable bonds is 39. The molecular weight excluding hydrogens is 849 g/mol. The highest BCUT2D eigenvalue weighted by atomic mass is 32.2. The Hall–Kier alpha value is -4.36. The van der Waals surface area contributed by atoms with Crippen molar-refractivity contribution in [1.29, 1.82) is 0 Å². The Labute approximate surface area is 380 Å². The normalized spacial score (nSPS) is 11.5. The first-order valence-corrected chi connectivity index (χ1v) is 24.2. The third-order valence-electron chi connectivity index (χ3n) is 9.42. The van der Waals surface area contributed by atoms with Gasteiger partial charge in [0, 0.05) is 25.7 Å². The lowest BCUT2D eigenvalue weighted by Gasteiger charge is -2.19. The van der Waals surface area contributed by atoms with Crippen LogP contribution in [0.1, 0.15) is 134 Å². The van der Waals surface area contributed by atoms with E-state index in [0.29, 0.717) is 18.8 Å². The number of pyridine rings is 1. The van der Waals surface area contributed by atoms with Crippen molar-refractivity contribution in [1.82, 2.24) is 15.6 Å². The smallest absolute Gasteiger partial charge is 0.329 e. The lowest BCUT2D eigenvalue weighted by atomic mass is 10.0. The number of hydrogen-bond donors (Lipinski definition) is 4. The zero-order valence-electron chi connectivity index (χ0n) is 38.3. The van der Waals surface area contributed by atoms with Crippen molar-refractivity contribution in [3.05, 3.63) is 48.2 Å². The van der Waals surface area contributed by atoms with Gasteiger partial charge in [-0.1, -0.05) is 83.5 Å². The van der Waals surface area contributed by atoms with Crippen LogP contribution in [0.15, 0.2) is 47.5 Å². The summed E-state index contributed by atoms with van der Waals surface area (Å²) < 4.78 is 60.3. The number of hydrogen-bond acceptors (Lipinski definition) is 13. The fourth-order valence-electron chi connectivity index (χ4n) is 6.17. The molecule has 2 amide bonds. The molecule has 1 aromatic heterocycles. The van der Waals surface area contributed by atoms with E-state index in [-0.39, 0.29) is 94.1 Å². The Bertz CT molecular complexity index is 1690. The fourth-order valence-corrected chi connectivity index (χ4v) is 7.18. The molecule has 0 radical (unpaired) electrons. The van der Waals surface area contributed by atoms with Crippen molar-refractivity contribution in [2.45, 2.75) is 134 Å². The molecule has 1 heterocycles. The molecule has 0 aliphatic carbocycles. The highest BCUT2D eigenvalue weighted by Crippen LogP contribution is 2.20. The molecule has 0 unspecified atom stereocenters. The van der Waals surface area contributed by atoms with E-state index >= 15 is 0 Å². The maximum absolute atomic E-state index is 13.0. The van der Waals surface area contributed by atoms with Crippen LogP contribution in [-0.4, -0.2) is 120 Å². The van der Waals surface area contributed by atoms with E-state index in [2.05, 4.69) is 20.3 Å². The van der Waals surface area contributed by atoms with Crippen molar-refractivity contribution in [2.75, 3.05) is 77.3 Å². The highest BCUT2D eigenvalue weighted by molar-refractivity contribution is 7.92. The number of aromatic nitrogens is 1. The number of aliphatic carboxylic acids is 1. The standard InChI is InChI=1S/C46H74N4O13S/c1-46(2,3)63-44(54)19-17-15-13-11-9-7-5-4-6-8-10-12-14-16-18-28-62-39-21-23-40(24-22-39)64(56,57)50-41-25-20-38(35-49-41)45(55)48-27-30-59-31-33-60-36-42(51)47-26-29-58-32-34-61-37-43(52)53/h20-25,35H,4-19,26-34,36-37H2,1-3H3,(H,47,51)(H,48,55)(H,49,50)(H,52,53). The molecule has 0 aliphatic heterocycles. The number of carboxylic acid groups (broad SMARTS) is 1. The zero-order chi connectivity index (χ0) is 46.7. The molecule has 64 heavy (non-hydrogen) atoms. The number of nitrogens with zero attached hydrogens (tertiary/aromatic N) is 1. The van der Waals surface area contributed by atoms with Gasteiger partial charge in [0.05, 0.1) is 56.7 Å². The molecule has 0 fully saturated rings. The monoisotopic (exact) mass is 922 g/mol. The lowest BCUT2D eigenvalue weighted by molar-refractivity contribution is -0.155. The largest absolute Gasteiger partial charge is 0.494 e. The van der Waals surface area contributed by atoms with E-state index in [0.717, 1.165) is 25.7 Å². The Balaban J connectivity index is 1.45. The SMILES string of the molecule is CC(C)(C)OC(=O)CCCCCCCCCCCCCCCCCOc1ccc(S(=O)(=O)Nc2ccc(C(=O)NCCOCCOCC(=O)NCCOCCOCC(=O)O)cn2)cc1. The lowest BCUT2D eigenvalue weighted by Crippen LogP contribution is -2.31. The molecule has 0 spiro atoms. The number of carbonyl (C=O) groups is 4. The van der Waals surface area contributed by atoms with Crippen LogP contribution in [-0.2, 0) is 48.1 Å². The van der Waals surface area contributed by atoms with Crippen LogP contribution in [0, 0.1) is 0 Å². The number of sulfonamides is 1. The van der Waals surface area contributed by atoms with E-state index < -0.39 is 27.5 Å². The van der Waals surface area contributed by atoms with Crippen LogP contribution in [0.2, 0.25) is 0 Å². The summed E-state index contributed by atoms with van der Waals surface area (Å²) in [6.45, 7) is 7.41. The molecular formula is C46H74N4O13S. The summed E-state index contributed by atoms with van der Waals surface area (Å²) in [6.07, 6.45) is 19.7. The molecule has 0 saturated carbocycles. The summed E-state index contributed by atoms with van der Waals surface area (Å²) >= 11 is 0. The molecule has 2 aromatic rings. The fraction of sp³-hybridized carbons (Fsp3) is 0.674. The van der Waals surface area contributed by atoms with E-state index in [4.69, 9.17) is 33.5 Å². The maximum Gasteiger partial charge on any atom is 0.329 e. The van der Waals surface area contributed by atoms with Crippen molar-refractivity contribution < 1.29 is 61.1 Å². The molecule has 362 valence electrons. The first kappa shape index (κ1) is 55.8. The van der Waals surface area contributed by atoms with Gasteiger partial charge in [0.15, 0.2) is 0 Å². The Morgan fingerprint density at radius 3 is 1.66 bits per heavy atom. The second-order valence-corrected chi connectivity index (χ2v) is 18.0. The van der Waals surface area contributed by atoms with Crippen LogP contribution in [0.4, 0.5) is 5.82 Å². The maximum atomic E-state index is 13.0.